The molecule has 0 unspecified atom stereocenters. The lowest BCUT2D eigenvalue weighted by Gasteiger charge is -2.05. The minimum atomic E-state index is 0.512. The summed E-state index contributed by atoms with van der Waals surface area (Å²) < 4.78 is 10.4. The van der Waals surface area contributed by atoms with Gasteiger partial charge < -0.3 is 14.6 Å². The van der Waals surface area contributed by atoms with Crippen molar-refractivity contribution >= 4 is 0 Å². The highest BCUT2D eigenvalue weighted by Crippen LogP contribution is 2.13. The monoisotopic (exact) mass is 289 g/mol. The second-order valence-corrected chi connectivity index (χ2v) is 5.34. The van der Waals surface area contributed by atoms with Gasteiger partial charge >= 0.3 is 0 Å². The average Bonchev–Trinajstić information content (AvgIpc) is 2.92. The van der Waals surface area contributed by atoms with Crippen molar-refractivity contribution < 1.29 is 9.26 Å². The fourth-order valence-corrected chi connectivity index (χ4v) is 2.02. The van der Waals surface area contributed by atoms with Gasteiger partial charge in [-0.1, -0.05) is 31.1 Å². The number of nitrogens with one attached hydrogen (secondary N) is 1. The van der Waals surface area contributed by atoms with Crippen LogP contribution < -0.4 is 10.1 Å². The number of methoxy groups -OCH3 is 1. The largest absolute Gasteiger partial charge is 0.497 e. The molecule has 2 rings (SSSR count). The van der Waals surface area contributed by atoms with E-state index in [0.717, 1.165) is 36.5 Å². The zero-order valence-corrected chi connectivity index (χ0v) is 12.9. The third-order valence-corrected chi connectivity index (χ3v) is 3.15. The molecule has 1 aromatic heterocycles. The van der Waals surface area contributed by atoms with Gasteiger partial charge in [0, 0.05) is 18.9 Å². The lowest BCUT2D eigenvalue weighted by atomic mass is 10.1. The highest BCUT2D eigenvalue weighted by atomic mass is 16.5. The smallest absolute Gasteiger partial charge is 0.226 e. The fraction of sp³-hybridized carbons (Fsp3) is 0.500. The molecular formula is C16H23N3O2. The number of aryl methyl sites for hydroxylation is 1. The van der Waals surface area contributed by atoms with Crippen molar-refractivity contribution in [3.05, 3.63) is 41.5 Å². The molecule has 0 aliphatic heterocycles. The minimum Gasteiger partial charge on any atom is -0.497 e. The van der Waals surface area contributed by atoms with Crippen LogP contribution in [0.2, 0.25) is 0 Å². The van der Waals surface area contributed by atoms with Crippen molar-refractivity contribution in [3.8, 4) is 5.75 Å². The van der Waals surface area contributed by atoms with Gasteiger partial charge in [-0.2, -0.15) is 4.98 Å². The number of hydrogen-bond acceptors (Lipinski definition) is 5. The second kappa shape index (κ2) is 7.78. The SMILES string of the molecule is COc1ccc(Cc2noc(CCCNC(C)C)n2)cc1. The minimum absolute atomic E-state index is 0.512. The number of ether oxygens (including phenoxy) is 1. The normalized spacial score (nSPS) is 11.0. The van der Waals surface area contributed by atoms with Crippen LogP contribution in [0.15, 0.2) is 28.8 Å². The summed E-state index contributed by atoms with van der Waals surface area (Å²) in [6.07, 6.45) is 2.50. The van der Waals surface area contributed by atoms with Crippen LogP contribution in [0.1, 0.15) is 37.5 Å². The Morgan fingerprint density at radius 1 is 1.24 bits per heavy atom. The Balaban J connectivity index is 1.81. The van der Waals surface area contributed by atoms with Gasteiger partial charge in [0.1, 0.15) is 5.75 Å². The summed E-state index contributed by atoms with van der Waals surface area (Å²) in [4.78, 5) is 4.43. The Bertz CT molecular complexity index is 535. The summed E-state index contributed by atoms with van der Waals surface area (Å²) in [6.45, 7) is 5.24. The van der Waals surface area contributed by atoms with Gasteiger partial charge in [0.15, 0.2) is 5.82 Å². The zero-order chi connectivity index (χ0) is 15.1. The van der Waals surface area contributed by atoms with Crippen molar-refractivity contribution in [1.29, 1.82) is 0 Å². The summed E-state index contributed by atoms with van der Waals surface area (Å²) >= 11 is 0. The molecule has 1 N–H and O–H groups in total. The number of nitrogens with zero attached hydrogens (tertiary/aromatic N) is 2. The molecule has 0 atom stereocenters. The average molecular weight is 289 g/mol. The van der Waals surface area contributed by atoms with Crippen LogP contribution in [0.3, 0.4) is 0 Å². The van der Waals surface area contributed by atoms with Crippen LogP contribution >= 0.6 is 0 Å². The first kappa shape index (κ1) is 15.5. The first-order chi connectivity index (χ1) is 10.2. The molecule has 5 nitrogen and oxygen atoms in total. The first-order valence-electron chi connectivity index (χ1n) is 7.35. The Kier molecular flexibility index (Phi) is 5.75. The van der Waals surface area contributed by atoms with Crippen LogP contribution in [0.4, 0.5) is 0 Å². The molecular weight excluding hydrogens is 266 g/mol. The van der Waals surface area contributed by atoms with E-state index in [2.05, 4.69) is 29.3 Å². The van der Waals surface area contributed by atoms with E-state index in [1.54, 1.807) is 7.11 Å². The van der Waals surface area contributed by atoms with E-state index in [1.165, 1.54) is 0 Å². The second-order valence-electron chi connectivity index (χ2n) is 5.34. The van der Waals surface area contributed by atoms with Gasteiger partial charge in [0.05, 0.1) is 7.11 Å². The van der Waals surface area contributed by atoms with Crippen molar-refractivity contribution in [3.63, 3.8) is 0 Å². The Morgan fingerprint density at radius 3 is 2.67 bits per heavy atom. The van der Waals surface area contributed by atoms with Crippen LogP contribution in [-0.2, 0) is 12.8 Å². The van der Waals surface area contributed by atoms with Crippen molar-refractivity contribution in [2.75, 3.05) is 13.7 Å². The van der Waals surface area contributed by atoms with Gasteiger partial charge in [-0.3, -0.25) is 0 Å². The van der Waals surface area contributed by atoms with Crippen LogP contribution in [0.5, 0.6) is 5.75 Å². The molecule has 0 amide bonds. The molecule has 0 fully saturated rings. The zero-order valence-electron chi connectivity index (χ0n) is 12.9. The number of hydrogen-bond donors (Lipinski definition) is 1. The Hall–Kier alpha value is -1.88. The van der Waals surface area contributed by atoms with E-state index in [4.69, 9.17) is 9.26 Å². The van der Waals surface area contributed by atoms with E-state index < -0.39 is 0 Å². The molecule has 0 aliphatic carbocycles. The lowest BCUT2D eigenvalue weighted by molar-refractivity contribution is 0.369. The third kappa shape index (κ3) is 5.19. The highest BCUT2D eigenvalue weighted by Gasteiger charge is 2.07. The molecule has 0 aliphatic rings. The van der Waals surface area contributed by atoms with Gasteiger partial charge in [0.25, 0.3) is 0 Å². The molecule has 2 aromatic rings. The molecule has 114 valence electrons. The number of rotatable bonds is 8. The number of aromatic nitrogens is 2. The van der Waals surface area contributed by atoms with Gasteiger partial charge in [-0.15, -0.1) is 0 Å². The van der Waals surface area contributed by atoms with Crippen molar-refractivity contribution in [1.82, 2.24) is 15.5 Å². The van der Waals surface area contributed by atoms with Crippen molar-refractivity contribution in [2.24, 2.45) is 0 Å². The van der Waals surface area contributed by atoms with E-state index in [-0.39, 0.29) is 0 Å². The molecule has 0 spiro atoms. The predicted octanol–water partition coefficient (Wildman–Crippen LogP) is 2.60. The summed E-state index contributed by atoms with van der Waals surface area (Å²) in [7, 11) is 1.66. The van der Waals surface area contributed by atoms with E-state index in [0.29, 0.717) is 18.4 Å². The summed E-state index contributed by atoms with van der Waals surface area (Å²) in [5.74, 6) is 2.29. The third-order valence-electron chi connectivity index (χ3n) is 3.15. The predicted molar refractivity (Wildman–Crippen MR) is 81.6 cm³/mol. The van der Waals surface area contributed by atoms with Gasteiger partial charge in [-0.05, 0) is 30.7 Å². The van der Waals surface area contributed by atoms with Crippen LogP contribution in [0, 0.1) is 0 Å². The maximum absolute atomic E-state index is 5.28. The van der Waals surface area contributed by atoms with Gasteiger partial charge in [0.2, 0.25) is 5.89 Å². The molecule has 5 heteroatoms. The highest BCUT2D eigenvalue weighted by molar-refractivity contribution is 5.28. The maximum Gasteiger partial charge on any atom is 0.226 e. The summed E-state index contributed by atoms with van der Waals surface area (Å²) in [5.41, 5.74) is 1.14. The summed E-state index contributed by atoms with van der Waals surface area (Å²) in [6, 6.07) is 8.42. The van der Waals surface area contributed by atoms with Crippen LogP contribution in [0.25, 0.3) is 0 Å². The number of benzene rings is 1. The quantitative estimate of drug-likeness (QED) is 0.757. The lowest BCUT2D eigenvalue weighted by Crippen LogP contribution is -2.23. The van der Waals surface area contributed by atoms with E-state index >= 15 is 0 Å². The molecule has 21 heavy (non-hydrogen) atoms. The standard InChI is InChI=1S/C16H23N3O2/c1-12(2)17-10-4-5-16-18-15(19-21-16)11-13-6-8-14(20-3)9-7-13/h6-9,12,17H,4-5,10-11H2,1-3H3. The fourth-order valence-electron chi connectivity index (χ4n) is 2.02. The maximum atomic E-state index is 5.28. The molecule has 0 radical (unpaired) electrons. The molecule has 1 heterocycles. The Morgan fingerprint density at radius 2 is 2.00 bits per heavy atom. The summed E-state index contributed by atoms with van der Waals surface area (Å²) in [5, 5.41) is 7.40. The topological polar surface area (TPSA) is 60.2 Å². The first-order valence-corrected chi connectivity index (χ1v) is 7.35. The Labute approximate surface area is 125 Å². The molecule has 0 saturated carbocycles. The van der Waals surface area contributed by atoms with E-state index in [1.807, 2.05) is 24.3 Å². The molecule has 0 bridgehead atoms. The van der Waals surface area contributed by atoms with E-state index in [9.17, 15) is 0 Å². The molecule has 1 aromatic carbocycles. The van der Waals surface area contributed by atoms with Crippen LogP contribution in [-0.4, -0.2) is 29.8 Å². The molecule has 0 saturated heterocycles. The van der Waals surface area contributed by atoms with Gasteiger partial charge in [-0.25, -0.2) is 0 Å². The van der Waals surface area contributed by atoms with Crippen molar-refractivity contribution in [2.45, 2.75) is 39.2 Å².